The first-order chi connectivity index (χ1) is 7.53. The number of rotatable bonds is 4. The van der Waals surface area contributed by atoms with Gasteiger partial charge >= 0.3 is 0 Å². The molecule has 0 saturated carbocycles. The predicted molar refractivity (Wildman–Crippen MR) is 60.9 cm³/mol. The van der Waals surface area contributed by atoms with Crippen molar-refractivity contribution in [3.05, 3.63) is 17.5 Å². The van der Waals surface area contributed by atoms with Crippen LogP contribution in [0, 0.1) is 18.3 Å². The van der Waals surface area contributed by atoms with Gasteiger partial charge < -0.3 is 10.4 Å². The molecule has 2 N–H and O–H groups in total. The normalized spacial score (nSPS) is 13.9. The Morgan fingerprint density at radius 3 is 2.75 bits per heavy atom. The highest BCUT2D eigenvalue weighted by molar-refractivity contribution is 5.35. The summed E-state index contributed by atoms with van der Waals surface area (Å²) >= 11 is 0. The maximum atomic E-state index is 9.26. The summed E-state index contributed by atoms with van der Waals surface area (Å²) < 4.78 is 0. The summed E-state index contributed by atoms with van der Waals surface area (Å²) in [7, 11) is 0. The van der Waals surface area contributed by atoms with Crippen LogP contribution >= 0.6 is 0 Å². The minimum Gasteiger partial charge on any atom is -0.394 e. The molecule has 1 heterocycles. The second-order valence-corrected chi connectivity index (χ2v) is 4.03. The summed E-state index contributed by atoms with van der Waals surface area (Å²) in [4.78, 5) is 8.22. The van der Waals surface area contributed by atoms with E-state index in [4.69, 9.17) is 5.26 Å². The molecule has 16 heavy (non-hydrogen) atoms. The highest BCUT2D eigenvalue weighted by Gasteiger charge is 2.21. The van der Waals surface area contributed by atoms with Crippen molar-refractivity contribution in [2.75, 3.05) is 11.9 Å². The molecular weight excluding hydrogens is 204 g/mol. The van der Waals surface area contributed by atoms with Crippen LogP contribution in [0.1, 0.15) is 31.7 Å². The number of hydrogen-bond acceptors (Lipinski definition) is 5. The average Bonchev–Trinajstić information content (AvgIpc) is 2.28. The summed E-state index contributed by atoms with van der Waals surface area (Å²) in [6, 6.07) is 3.59. The summed E-state index contributed by atoms with van der Waals surface area (Å²) in [6.07, 6.45) is 0.739. The third-order valence-corrected chi connectivity index (χ3v) is 2.51. The van der Waals surface area contributed by atoms with Gasteiger partial charge in [-0.3, -0.25) is 0 Å². The van der Waals surface area contributed by atoms with Crippen molar-refractivity contribution < 1.29 is 5.11 Å². The maximum Gasteiger partial charge on any atom is 0.224 e. The predicted octanol–water partition coefficient (Wildman–Crippen LogP) is 1.23. The van der Waals surface area contributed by atoms with E-state index < -0.39 is 5.54 Å². The Hall–Kier alpha value is -1.67. The molecule has 0 aliphatic carbocycles. The van der Waals surface area contributed by atoms with E-state index in [1.54, 1.807) is 13.0 Å². The molecule has 1 atom stereocenters. The Morgan fingerprint density at radius 1 is 1.56 bits per heavy atom. The van der Waals surface area contributed by atoms with Gasteiger partial charge in [0.1, 0.15) is 11.8 Å². The number of aliphatic hydroxyl groups excluding tert-OH is 1. The molecule has 0 saturated heterocycles. The molecule has 1 aromatic rings. The van der Waals surface area contributed by atoms with Crippen molar-refractivity contribution in [2.45, 2.75) is 32.7 Å². The van der Waals surface area contributed by atoms with E-state index in [-0.39, 0.29) is 6.61 Å². The number of aromatic nitrogens is 2. The molecule has 0 amide bonds. The van der Waals surface area contributed by atoms with Gasteiger partial charge in [0.25, 0.3) is 0 Å². The maximum absolute atomic E-state index is 9.26. The standard InChI is InChI=1S/C11H16N4O/c1-4-11(3,7-16)15-10-13-8(2)5-9(6-12)14-10/h5,16H,4,7H2,1-3H3,(H,13,14,15). The minimum absolute atomic E-state index is 0.0112. The van der Waals surface area contributed by atoms with E-state index in [9.17, 15) is 5.11 Å². The molecule has 0 aliphatic rings. The highest BCUT2D eigenvalue weighted by atomic mass is 16.3. The fraction of sp³-hybridized carbons (Fsp3) is 0.545. The topological polar surface area (TPSA) is 81.8 Å². The van der Waals surface area contributed by atoms with Gasteiger partial charge in [0.15, 0.2) is 0 Å². The summed E-state index contributed by atoms with van der Waals surface area (Å²) in [5, 5.41) is 21.1. The Morgan fingerprint density at radius 2 is 2.25 bits per heavy atom. The Balaban J connectivity index is 2.97. The van der Waals surface area contributed by atoms with Gasteiger partial charge in [0.05, 0.1) is 12.1 Å². The van der Waals surface area contributed by atoms with Gasteiger partial charge in [0.2, 0.25) is 5.95 Å². The zero-order valence-electron chi connectivity index (χ0n) is 9.78. The van der Waals surface area contributed by atoms with Crippen LogP contribution in [0.25, 0.3) is 0 Å². The second kappa shape index (κ2) is 4.90. The zero-order valence-corrected chi connectivity index (χ0v) is 9.78. The van der Waals surface area contributed by atoms with E-state index >= 15 is 0 Å². The number of aliphatic hydroxyl groups is 1. The van der Waals surface area contributed by atoms with Crippen LogP contribution in [-0.2, 0) is 0 Å². The molecule has 0 aliphatic heterocycles. The van der Waals surface area contributed by atoms with Crippen LogP contribution in [-0.4, -0.2) is 27.2 Å². The van der Waals surface area contributed by atoms with E-state index in [0.717, 1.165) is 12.1 Å². The van der Waals surface area contributed by atoms with E-state index in [1.165, 1.54) is 0 Å². The smallest absolute Gasteiger partial charge is 0.224 e. The van der Waals surface area contributed by atoms with Crippen molar-refractivity contribution in [1.29, 1.82) is 5.26 Å². The number of anilines is 1. The van der Waals surface area contributed by atoms with Crippen LogP contribution in [0.4, 0.5) is 5.95 Å². The number of nitrogens with one attached hydrogen (secondary N) is 1. The van der Waals surface area contributed by atoms with E-state index in [2.05, 4.69) is 15.3 Å². The zero-order chi connectivity index (χ0) is 12.2. The molecule has 0 aromatic carbocycles. The lowest BCUT2D eigenvalue weighted by Crippen LogP contribution is -2.38. The lowest BCUT2D eigenvalue weighted by atomic mass is 10.0. The largest absolute Gasteiger partial charge is 0.394 e. The van der Waals surface area contributed by atoms with Gasteiger partial charge in [-0.1, -0.05) is 6.92 Å². The highest BCUT2D eigenvalue weighted by Crippen LogP contribution is 2.15. The summed E-state index contributed by atoms with van der Waals surface area (Å²) in [5.74, 6) is 0.384. The fourth-order valence-electron chi connectivity index (χ4n) is 1.19. The number of hydrogen-bond donors (Lipinski definition) is 2. The van der Waals surface area contributed by atoms with E-state index in [1.807, 2.05) is 19.9 Å². The first-order valence-electron chi connectivity index (χ1n) is 5.18. The third-order valence-electron chi connectivity index (χ3n) is 2.51. The molecule has 0 radical (unpaired) electrons. The first kappa shape index (κ1) is 12.4. The molecular formula is C11H16N4O. The fourth-order valence-corrected chi connectivity index (χ4v) is 1.19. The summed E-state index contributed by atoms with van der Waals surface area (Å²) in [6.45, 7) is 5.63. The van der Waals surface area contributed by atoms with Crippen molar-refractivity contribution in [3.63, 3.8) is 0 Å². The Kier molecular flexibility index (Phi) is 3.80. The average molecular weight is 220 g/mol. The van der Waals surface area contributed by atoms with Gasteiger partial charge in [-0.25, -0.2) is 9.97 Å². The molecule has 0 bridgehead atoms. The van der Waals surface area contributed by atoms with Crippen molar-refractivity contribution in [2.24, 2.45) is 0 Å². The molecule has 5 heteroatoms. The quantitative estimate of drug-likeness (QED) is 0.797. The van der Waals surface area contributed by atoms with E-state index in [0.29, 0.717) is 11.6 Å². The van der Waals surface area contributed by atoms with Crippen LogP contribution in [0.3, 0.4) is 0 Å². The molecule has 86 valence electrons. The molecule has 0 fully saturated rings. The van der Waals surface area contributed by atoms with Gasteiger partial charge in [-0.05, 0) is 26.3 Å². The lowest BCUT2D eigenvalue weighted by Gasteiger charge is -2.27. The van der Waals surface area contributed by atoms with Crippen molar-refractivity contribution in [3.8, 4) is 6.07 Å². The van der Waals surface area contributed by atoms with Gasteiger partial charge in [-0.2, -0.15) is 5.26 Å². The molecule has 0 spiro atoms. The Bertz CT molecular complexity index is 407. The third kappa shape index (κ3) is 2.91. The molecule has 1 rings (SSSR count). The van der Waals surface area contributed by atoms with Crippen molar-refractivity contribution in [1.82, 2.24) is 9.97 Å². The molecule has 1 unspecified atom stereocenters. The monoisotopic (exact) mass is 220 g/mol. The van der Waals surface area contributed by atoms with Gasteiger partial charge in [0, 0.05) is 5.69 Å². The van der Waals surface area contributed by atoms with Gasteiger partial charge in [-0.15, -0.1) is 0 Å². The van der Waals surface area contributed by atoms with Crippen LogP contribution in [0.2, 0.25) is 0 Å². The van der Waals surface area contributed by atoms with Crippen molar-refractivity contribution >= 4 is 5.95 Å². The Labute approximate surface area is 95.2 Å². The SMILES string of the molecule is CCC(C)(CO)Nc1nc(C)cc(C#N)n1. The summed E-state index contributed by atoms with van der Waals surface area (Å²) in [5.41, 5.74) is 0.595. The number of nitrogens with zero attached hydrogens (tertiary/aromatic N) is 3. The first-order valence-corrected chi connectivity index (χ1v) is 5.18. The molecule has 1 aromatic heterocycles. The van der Waals surface area contributed by atoms with Crippen LogP contribution < -0.4 is 5.32 Å². The lowest BCUT2D eigenvalue weighted by molar-refractivity contribution is 0.218. The minimum atomic E-state index is -0.458. The molecule has 5 nitrogen and oxygen atoms in total. The van der Waals surface area contributed by atoms with Crippen LogP contribution in [0.5, 0.6) is 0 Å². The second-order valence-electron chi connectivity index (χ2n) is 4.03. The number of aryl methyl sites for hydroxylation is 1. The van der Waals surface area contributed by atoms with Crippen LogP contribution in [0.15, 0.2) is 6.07 Å². The number of nitriles is 1.